The molecule has 0 atom stereocenters. The van der Waals surface area contributed by atoms with Gasteiger partial charge in [-0.15, -0.1) is 0 Å². The van der Waals surface area contributed by atoms with Crippen LogP contribution in [-0.2, 0) is 0 Å². The Morgan fingerprint density at radius 3 is 2.74 bits per heavy atom. The first-order valence-electron chi connectivity index (χ1n) is 7.61. The maximum atomic E-state index is 11.8. The van der Waals surface area contributed by atoms with Crippen LogP contribution in [0, 0.1) is 5.92 Å². The minimum Gasteiger partial charge on any atom is -0.494 e. The molecule has 1 N–H and O–H groups in total. The van der Waals surface area contributed by atoms with Crippen molar-refractivity contribution in [1.82, 2.24) is 10.4 Å². The number of hydrogen-bond acceptors (Lipinski definition) is 4. The van der Waals surface area contributed by atoms with Crippen molar-refractivity contribution in [3.05, 3.63) is 59.9 Å². The van der Waals surface area contributed by atoms with Gasteiger partial charge in [0.2, 0.25) is 0 Å². The monoisotopic (exact) mass is 311 g/mol. The maximum Gasteiger partial charge on any atom is 0.272 e. The summed E-state index contributed by atoms with van der Waals surface area (Å²) in [4.78, 5) is 15.7. The number of benzene rings is 1. The topological polar surface area (TPSA) is 63.6 Å². The van der Waals surface area contributed by atoms with Gasteiger partial charge in [-0.3, -0.25) is 9.78 Å². The van der Waals surface area contributed by atoms with E-state index in [0.29, 0.717) is 18.1 Å². The molecule has 0 aliphatic rings. The fourth-order valence-electron chi connectivity index (χ4n) is 1.79. The van der Waals surface area contributed by atoms with Crippen molar-refractivity contribution in [2.24, 2.45) is 11.0 Å². The van der Waals surface area contributed by atoms with Gasteiger partial charge in [0.05, 0.1) is 18.4 Å². The Morgan fingerprint density at radius 2 is 2.09 bits per heavy atom. The Balaban J connectivity index is 1.82. The lowest BCUT2D eigenvalue weighted by Gasteiger charge is -2.07. The fraction of sp³-hybridized carbons (Fsp3) is 0.278. The van der Waals surface area contributed by atoms with Crippen LogP contribution in [0.25, 0.3) is 0 Å². The first-order chi connectivity index (χ1) is 11.1. The molecule has 0 fully saturated rings. The summed E-state index contributed by atoms with van der Waals surface area (Å²) in [6.07, 6.45) is 5.73. The summed E-state index contributed by atoms with van der Waals surface area (Å²) >= 11 is 0. The largest absolute Gasteiger partial charge is 0.494 e. The molecule has 1 heterocycles. The number of rotatable bonds is 7. The second-order valence-corrected chi connectivity index (χ2v) is 5.54. The van der Waals surface area contributed by atoms with E-state index in [1.165, 1.54) is 6.20 Å². The Kier molecular flexibility index (Phi) is 6.29. The molecule has 1 aromatic heterocycles. The van der Waals surface area contributed by atoms with Gasteiger partial charge >= 0.3 is 0 Å². The van der Waals surface area contributed by atoms with E-state index >= 15 is 0 Å². The molecule has 0 spiro atoms. The third-order valence-electron chi connectivity index (χ3n) is 3.15. The molecule has 23 heavy (non-hydrogen) atoms. The fourth-order valence-corrected chi connectivity index (χ4v) is 1.79. The van der Waals surface area contributed by atoms with Gasteiger partial charge in [0.15, 0.2) is 0 Å². The molecule has 0 unspecified atom stereocenters. The average molecular weight is 311 g/mol. The van der Waals surface area contributed by atoms with E-state index in [4.69, 9.17) is 4.74 Å². The number of carbonyl (C=O) groups excluding carboxylic acids is 1. The molecule has 1 amide bonds. The van der Waals surface area contributed by atoms with Crippen molar-refractivity contribution in [2.45, 2.75) is 20.3 Å². The molecule has 120 valence electrons. The van der Waals surface area contributed by atoms with Crippen LogP contribution in [0.2, 0.25) is 0 Å². The number of nitrogens with zero attached hydrogens (tertiary/aromatic N) is 2. The molecular weight excluding hydrogens is 290 g/mol. The Labute approximate surface area is 136 Å². The van der Waals surface area contributed by atoms with Crippen LogP contribution in [0.15, 0.2) is 53.9 Å². The third-order valence-corrected chi connectivity index (χ3v) is 3.15. The first kappa shape index (κ1) is 16.7. The van der Waals surface area contributed by atoms with E-state index in [0.717, 1.165) is 17.7 Å². The van der Waals surface area contributed by atoms with Crippen LogP contribution in [0.5, 0.6) is 5.75 Å². The predicted molar refractivity (Wildman–Crippen MR) is 90.7 cm³/mol. The van der Waals surface area contributed by atoms with Crippen LogP contribution in [0.3, 0.4) is 0 Å². The molecule has 0 saturated heterocycles. The molecular formula is C18H21N3O2. The van der Waals surface area contributed by atoms with Gasteiger partial charge in [0.1, 0.15) is 5.75 Å². The molecule has 0 bridgehead atoms. The normalized spacial score (nSPS) is 10.9. The van der Waals surface area contributed by atoms with Crippen LogP contribution >= 0.6 is 0 Å². The van der Waals surface area contributed by atoms with Crippen LogP contribution in [-0.4, -0.2) is 23.7 Å². The number of pyridine rings is 1. The number of hydrazone groups is 1. The van der Waals surface area contributed by atoms with E-state index < -0.39 is 0 Å². The number of aromatic nitrogens is 1. The smallest absolute Gasteiger partial charge is 0.272 e. The first-order valence-corrected chi connectivity index (χ1v) is 7.61. The summed E-state index contributed by atoms with van der Waals surface area (Å²) in [5.74, 6) is 1.18. The van der Waals surface area contributed by atoms with Crippen molar-refractivity contribution in [3.63, 3.8) is 0 Å². The zero-order valence-electron chi connectivity index (χ0n) is 13.4. The molecule has 0 radical (unpaired) electrons. The van der Waals surface area contributed by atoms with E-state index in [2.05, 4.69) is 29.4 Å². The Hall–Kier alpha value is -2.69. The highest BCUT2D eigenvalue weighted by Crippen LogP contribution is 2.12. The number of ether oxygens (including phenoxy) is 1. The Morgan fingerprint density at radius 1 is 1.30 bits per heavy atom. The van der Waals surface area contributed by atoms with Crippen molar-refractivity contribution < 1.29 is 9.53 Å². The van der Waals surface area contributed by atoms with Crippen molar-refractivity contribution >= 4 is 12.1 Å². The highest BCUT2D eigenvalue weighted by atomic mass is 16.5. The number of carbonyl (C=O) groups is 1. The molecule has 0 aliphatic heterocycles. The van der Waals surface area contributed by atoms with Crippen LogP contribution in [0.4, 0.5) is 0 Å². The van der Waals surface area contributed by atoms with Crippen molar-refractivity contribution in [3.8, 4) is 5.75 Å². The molecule has 0 aliphatic carbocycles. The lowest BCUT2D eigenvalue weighted by molar-refractivity contribution is 0.0955. The summed E-state index contributed by atoms with van der Waals surface area (Å²) in [7, 11) is 0. The molecule has 5 nitrogen and oxygen atoms in total. The third kappa shape index (κ3) is 5.90. The summed E-state index contributed by atoms with van der Waals surface area (Å²) in [6.45, 7) is 5.05. The molecule has 5 heteroatoms. The minimum absolute atomic E-state index is 0.289. The standard InChI is InChI=1S/C18H21N3O2/c1-14(2)9-11-23-17-7-5-15(6-8-17)12-20-21-18(22)16-4-3-10-19-13-16/h3-8,10,12-14H,9,11H2,1-2H3,(H,21,22). The second kappa shape index (κ2) is 8.68. The highest BCUT2D eigenvalue weighted by Gasteiger charge is 2.02. The lowest BCUT2D eigenvalue weighted by atomic mass is 10.1. The van der Waals surface area contributed by atoms with E-state index in [1.54, 1.807) is 24.5 Å². The number of amides is 1. The van der Waals surface area contributed by atoms with Crippen molar-refractivity contribution in [1.29, 1.82) is 0 Å². The van der Waals surface area contributed by atoms with Gasteiger partial charge < -0.3 is 4.74 Å². The van der Waals surface area contributed by atoms with Gasteiger partial charge in [0.25, 0.3) is 5.91 Å². The van der Waals surface area contributed by atoms with E-state index in [9.17, 15) is 4.79 Å². The predicted octanol–water partition coefficient (Wildman–Crippen LogP) is 3.27. The SMILES string of the molecule is CC(C)CCOc1ccc(C=NNC(=O)c2cccnc2)cc1. The zero-order valence-corrected chi connectivity index (χ0v) is 13.4. The summed E-state index contributed by atoms with van der Waals surface area (Å²) < 4.78 is 5.65. The average Bonchev–Trinajstić information content (AvgIpc) is 2.57. The van der Waals surface area contributed by atoms with Crippen LogP contribution in [0.1, 0.15) is 36.2 Å². The zero-order chi connectivity index (χ0) is 16.5. The highest BCUT2D eigenvalue weighted by molar-refractivity contribution is 5.94. The number of hydrogen-bond donors (Lipinski definition) is 1. The Bertz CT molecular complexity index is 637. The quantitative estimate of drug-likeness (QED) is 0.630. The summed E-state index contributed by atoms with van der Waals surface area (Å²) in [5.41, 5.74) is 3.82. The van der Waals surface area contributed by atoms with Crippen LogP contribution < -0.4 is 10.2 Å². The summed E-state index contributed by atoms with van der Waals surface area (Å²) in [5, 5.41) is 3.94. The molecule has 1 aromatic carbocycles. The van der Waals surface area contributed by atoms with E-state index in [1.807, 2.05) is 24.3 Å². The lowest BCUT2D eigenvalue weighted by Crippen LogP contribution is -2.17. The van der Waals surface area contributed by atoms with Gasteiger partial charge in [0, 0.05) is 12.4 Å². The van der Waals surface area contributed by atoms with E-state index in [-0.39, 0.29) is 5.91 Å². The minimum atomic E-state index is -0.289. The summed E-state index contributed by atoms with van der Waals surface area (Å²) in [6, 6.07) is 11.0. The maximum absolute atomic E-state index is 11.8. The molecule has 0 saturated carbocycles. The second-order valence-electron chi connectivity index (χ2n) is 5.54. The van der Waals surface area contributed by atoms with Gasteiger partial charge in [-0.05, 0) is 54.3 Å². The number of nitrogens with one attached hydrogen (secondary N) is 1. The van der Waals surface area contributed by atoms with Gasteiger partial charge in [-0.2, -0.15) is 5.10 Å². The molecule has 2 rings (SSSR count). The van der Waals surface area contributed by atoms with Crippen molar-refractivity contribution in [2.75, 3.05) is 6.61 Å². The van der Waals surface area contributed by atoms with Gasteiger partial charge in [-0.25, -0.2) is 5.43 Å². The molecule has 2 aromatic rings. The van der Waals surface area contributed by atoms with Gasteiger partial charge in [-0.1, -0.05) is 13.8 Å².